The highest BCUT2D eigenvalue weighted by molar-refractivity contribution is 5.43. The Hall–Kier alpha value is -2.14. The number of aromatic nitrogens is 2. The summed E-state index contributed by atoms with van der Waals surface area (Å²) in [6.45, 7) is 6.13. The highest BCUT2D eigenvalue weighted by Gasteiger charge is 2.12. The minimum absolute atomic E-state index is 0.669. The van der Waals surface area contributed by atoms with E-state index in [2.05, 4.69) is 45.3 Å². The first-order chi connectivity index (χ1) is 10.3. The van der Waals surface area contributed by atoms with Crippen LogP contribution in [0.4, 0.5) is 11.8 Å². The number of nitrogens with one attached hydrogen (secondary N) is 1. The lowest BCUT2D eigenvalue weighted by Gasteiger charge is -2.27. The molecule has 0 radical (unpaired) electrons. The molecule has 1 fully saturated rings. The SMILES string of the molecule is Cc1ccccc1CNc1nccc(N2CCOCC2)n1. The topological polar surface area (TPSA) is 50.3 Å². The van der Waals surface area contributed by atoms with Crippen LogP contribution in [0, 0.1) is 6.92 Å². The lowest BCUT2D eigenvalue weighted by Crippen LogP contribution is -2.36. The molecule has 2 heterocycles. The highest BCUT2D eigenvalue weighted by atomic mass is 16.5. The highest BCUT2D eigenvalue weighted by Crippen LogP contribution is 2.15. The Balaban J connectivity index is 1.67. The van der Waals surface area contributed by atoms with Crippen molar-refractivity contribution in [2.24, 2.45) is 0 Å². The summed E-state index contributed by atoms with van der Waals surface area (Å²) in [5.74, 6) is 1.63. The molecule has 5 heteroatoms. The summed E-state index contributed by atoms with van der Waals surface area (Å²) in [7, 11) is 0. The Morgan fingerprint density at radius 2 is 2.00 bits per heavy atom. The molecule has 1 aliphatic rings. The van der Waals surface area contributed by atoms with Gasteiger partial charge >= 0.3 is 0 Å². The average molecular weight is 284 g/mol. The van der Waals surface area contributed by atoms with Gasteiger partial charge in [-0.05, 0) is 24.1 Å². The summed E-state index contributed by atoms with van der Waals surface area (Å²) in [6.07, 6.45) is 1.80. The Morgan fingerprint density at radius 3 is 2.81 bits per heavy atom. The van der Waals surface area contributed by atoms with Gasteiger partial charge in [-0.1, -0.05) is 24.3 Å². The smallest absolute Gasteiger partial charge is 0.224 e. The van der Waals surface area contributed by atoms with Crippen molar-refractivity contribution in [3.63, 3.8) is 0 Å². The van der Waals surface area contributed by atoms with Gasteiger partial charge in [-0.3, -0.25) is 0 Å². The van der Waals surface area contributed by atoms with Crippen LogP contribution in [0.3, 0.4) is 0 Å². The van der Waals surface area contributed by atoms with Gasteiger partial charge in [0.25, 0.3) is 0 Å². The summed E-state index contributed by atoms with van der Waals surface area (Å²) in [6, 6.07) is 10.3. The zero-order chi connectivity index (χ0) is 14.5. The van der Waals surface area contributed by atoms with Gasteiger partial charge in [0.1, 0.15) is 5.82 Å². The molecule has 3 rings (SSSR count). The van der Waals surface area contributed by atoms with E-state index in [1.54, 1.807) is 6.20 Å². The number of hydrogen-bond acceptors (Lipinski definition) is 5. The predicted molar refractivity (Wildman–Crippen MR) is 83.6 cm³/mol. The minimum atomic E-state index is 0.669. The first kappa shape index (κ1) is 13.8. The molecule has 1 aromatic carbocycles. The van der Waals surface area contributed by atoms with Crippen LogP contribution in [-0.2, 0) is 11.3 Å². The minimum Gasteiger partial charge on any atom is -0.378 e. The third-order valence-corrected chi connectivity index (χ3v) is 3.67. The predicted octanol–water partition coefficient (Wildman–Crippen LogP) is 2.23. The zero-order valence-electron chi connectivity index (χ0n) is 12.2. The maximum atomic E-state index is 5.37. The third-order valence-electron chi connectivity index (χ3n) is 3.67. The zero-order valence-corrected chi connectivity index (χ0v) is 12.2. The van der Waals surface area contributed by atoms with Crippen LogP contribution in [0.25, 0.3) is 0 Å². The van der Waals surface area contributed by atoms with Gasteiger partial charge in [-0.2, -0.15) is 4.98 Å². The summed E-state index contributed by atoms with van der Waals surface area (Å²) < 4.78 is 5.37. The Kier molecular flexibility index (Phi) is 4.31. The molecule has 110 valence electrons. The molecule has 1 N–H and O–H groups in total. The van der Waals surface area contributed by atoms with Crippen molar-refractivity contribution in [2.75, 3.05) is 36.5 Å². The summed E-state index contributed by atoms with van der Waals surface area (Å²) in [5.41, 5.74) is 2.53. The molecule has 21 heavy (non-hydrogen) atoms. The molecule has 0 spiro atoms. The number of rotatable bonds is 4. The van der Waals surface area contributed by atoms with Gasteiger partial charge < -0.3 is 15.0 Å². The van der Waals surface area contributed by atoms with E-state index in [-0.39, 0.29) is 0 Å². The van der Waals surface area contributed by atoms with Crippen LogP contribution >= 0.6 is 0 Å². The second-order valence-corrected chi connectivity index (χ2v) is 5.12. The molecule has 0 amide bonds. The van der Waals surface area contributed by atoms with Gasteiger partial charge in [-0.25, -0.2) is 4.98 Å². The van der Waals surface area contributed by atoms with Crippen molar-refractivity contribution in [1.29, 1.82) is 0 Å². The Morgan fingerprint density at radius 1 is 1.19 bits per heavy atom. The number of morpholine rings is 1. The second kappa shape index (κ2) is 6.54. The van der Waals surface area contributed by atoms with Crippen molar-refractivity contribution < 1.29 is 4.74 Å². The van der Waals surface area contributed by atoms with Crippen LogP contribution < -0.4 is 10.2 Å². The fourth-order valence-electron chi connectivity index (χ4n) is 2.39. The lowest BCUT2D eigenvalue weighted by atomic mass is 10.1. The molecule has 0 aliphatic carbocycles. The van der Waals surface area contributed by atoms with Crippen LogP contribution in [0.5, 0.6) is 0 Å². The quantitative estimate of drug-likeness (QED) is 0.933. The van der Waals surface area contributed by atoms with E-state index in [1.165, 1.54) is 11.1 Å². The molecule has 0 atom stereocenters. The van der Waals surface area contributed by atoms with E-state index in [1.807, 2.05) is 12.1 Å². The fraction of sp³-hybridized carbons (Fsp3) is 0.375. The van der Waals surface area contributed by atoms with Crippen molar-refractivity contribution in [3.8, 4) is 0 Å². The van der Waals surface area contributed by atoms with Gasteiger partial charge in [0.2, 0.25) is 5.95 Å². The van der Waals surface area contributed by atoms with Gasteiger partial charge in [0.15, 0.2) is 0 Å². The summed E-state index contributed by atoms with van der Waals surface area (Å²) >= 11 is 0. The van der Waals surface area contributed by atoms with Crippen LogP contribution in [0.15, 0.2) is 36.5 Å². The van der Waals surface area contributed by atoms with Crippen molar-refractivity contribution >= 4 is 11.8 Å². The molecule has 1 saturated heterocycles. The number of hydrogen-bond donors (Lipinski definition) is 1. The van der Waals surface area contributed by atoms with Crippen LogP contribution in [0.1, 0.15) is 11.1 Å². The molecule has 0 bridgehead atoms. The Bertz CT molecular complexity index is 596. The third kappa shape index (κ3) is 3.49. The average Bonchev–Trinajstić information content (AvgIpc) is 2.55. The monoisotopic (exact) mass is 284 g/mol. The standard InChI is InChI=1S/C16H20N4O/c1-13-4-2-3-5-14(13)12-18-16-17-7-6-15(19-16)20-8-10-21-11-9-20/h2-7H,8-12H2,1H3,(H,17,18,19). The molecule has 2 aromatic rings. The van der Waals surface area contributed by atoms with E-state index >= 15 is 0 Å². The maximum Gasteiger partial charge on any atom is 0.224 e. The number of ether oxygens (including phenoxy) is 1. The molecule has 0 unspecified atom stereocenters. The second-order valence-electron chi connectivity index (χ2n) is 5.12. The van der Waals surface area contributed by atoms with E-state index in [4.69, 9.17) is 4.74 Å². The van der Waals surface area contributed by atoms with E-state index in [0.717, 1.165) is 38.7 Å². The summed E-state index contributed by atoms with van der Waals surface area (Å²) in [5, 5.41) is 3.30. The van der Waals surface area contributed by atoms with Gasteiger partial charge in [0.05, 0.1) is 13.2 Å². The largest absolute Gasteiger partial charge is 0.378 e. The Labute approximate surface area is 125 Å². The number of nitrogens with zero attached hydrogens (tertiary/aromatic N) is 3. The van der Waals surface area contributed by atoms with Gasteiger partial charge in [-0.15, -0.1) is 0 Å². The first-order valence-electron chi connectivity index (χ1n) is 7.27. The summed E-state index contributed by atoms with van der Waals surface area (Å²) in [4.78, 5) is 11.1. The van der Waals surface area contributed by atoms with Gasteiger partial charge in [0, 0.05) is 25.8 Å². The molecule has 1 aromatic heterocycles. The molecular weight excluding hydrogens is 264 g/mol. The van der Waals surface area contributed by atoms with Crippen molar-refractivity contribution in [3.05, 3.63) is 47.7 Å². The van der Waals surface area contributed by atoms with Crippen molar-refractivity contribution in [2.45, 2.75) is 13.5 Å². The van der Waals surface area contributed by atoms with Crippen LogP contribution in [0.2, 0.25) is 0 Å². The van der Waals surface area contributed by atoms with Crippen LogP contribution in [-0.4, -0.2) is 36.3 Å². The van der Waals surface area contributed by atoms with E-state index in [0.29, 0.717) is 5.95 Å². The molecular formula is C16H20N4O. The van der Waals surface area contributed by atoms with E-state index < -0.39 is 0 Å². The lowest BCUT2D eigenvalue weighted by molar-refractivity contribution is 0.122. The molecule has 1 aliphatic heterocycles. The number of anilines is 2. The molecule has 0 saturated carbocycles. The maximum absolute atomic E-state index is 5.37. The van der Waals surface area contributed by atoms with Crippen molar-refractivity contribution in [1.82, 2.24) is 9.97 Å². The normalized spacial score (nSPS) is 15.0. The van der Waals surface area contributed by atoms with E-state index in [9.17, 15) is 0 Å². The molecule has 5 nitrogen and oxygen atoms in total. The first-order valence-corrected chi connectivity index (χ1v) is 7.27. The fourth-order valence-corrected chi connectivity index (χ4v) is 2.39. The number of benzene rings is 1. The number of aryl methyl sites for hydroxylation is 1.